The second-order valence-electron chi connectivity index (χ2n) is 6.84. The fourth-order valence-corrected chi connectivity index (χ4v) is 5.11. The van der Waals surface area contributed by atoms with E-state index in [-0.39, 0.29) is 43.4 Å². The Balaban J connectivity index is 0.00000261. The lowest BCUT2D eigenvalue weighted by Crippen LogP contribution is -2.55. The minimum absolute atomic E-state index is 0. The van der Waals surface area contributed by atoms with Crippen LogP contribution in [0, 0.1) is 17.6 Å². The lowest BCUT2D eigenvalue weighted by atomic mass is 9.95. The predicted octanol–water partition coefficient (Wildman–Crippen LogP) is 1.61. The molecule has 6 nitrogen and oxygen atoms in total. The van der Waals surface area contributed by atoms with Crippen LogP contribution in [0.4, 0.5) is 8.78 Å². The van der Waals surface area contributed by atoms with Gasteiger partial charge in [-0.25, -0.2) is 17.2 Å². The highest BCUT2D eigenvalue weighted by molar-refractivity contribution is 7.89. The van der Waals surface area contributed by atoms with E-state index in [1.165, 1.54) is 0 Å². The van der Waals surface area contributed by atoms with Crippen molar-refractivity contribution < 1.29 is 22.0 Å². The summed E-state index contributed by atoms with van der Waals surface area (Å²) in [5, 5.41) is 3.23. The van der Waals surface area contributed by atoms with Crippen molar-refractivity contribution in [3.63, 3.8) is 0 Å². The summed E-state index contributed by atoms with van der Waals surface area (Å²) in [5.74, 6) is -1.96. The Kier molecular flexibility index (Phi) is 7.18. The molecule has 2 aliphatic rings. The van der Waals surface area contributed by atoms with Crippen molar-refractivity contribution >= 4 is 28.3 Å². The molecule has 3 rings (SSSR count). The standard InChI is InChI=1S/C17H23F2N3O3S.ClH/c1-12-11-20-6-9-22(12)17(23)13-4-7-21(8-5-13)26(24,25)16-10-14(18)2-3-15(16)19;/h2-3,10,12-13,20H,4-9,11H2,1H3;1H. The molecule has 10 heteroatoms. The molecule has 1 N–H and O–H groups in total. The van der Waals surface area contributed by atoms with Crippen molar-refractivity contribution in [2.75, 3.05) is 32.7 Å². The van der Waals surface area contributed by atoms with Crippen LogP contribution in [-0.4, -0.2) is 62.3 Å². The third-order valence-electron chi connectivity index (χ3n) is 5.10. The minimum Gasteiger partial charge on any atom is -0.337 e. The molecular weight excluding hydrogens is 400 g/mol. The van der Waals surface area contributed by atoms with Gasteiger partial charge < -0.3 is 10.2 Å². The second-order valence-corrected chi connectivity index (χ2v) is 8.74. The average Bonchev–Trinajstić information content (AvgIpc) is 2.63. The number of piperazine rings is 1. The van der Waals surface area contributed by atoms with E-state index in [0.717, 1.165) is 29.5 Å². The molecule has 152 valence electrons. The van der Waals surface area contributed by atoms with Gasteiger partial charge >= 0.3 is 0 Å². The van der Waals surface area contributed by atoms with Crippen LogP contribution in [-0.2, 0) is 14.8 Å². The fourth-order valence-electron chi connectivity index (χ4n) is 3.56. The number of amides is 1. The molecule has 1 aromatic rings. The number of halogens is 3. The van der Waals surface area contributed by atoms with Gasteiger partial charge in [0, 0.05) is 44.7 Å². The molecular formula is C17H24ClF2N3O3S. The van der Waals surface area contributed by atoms with Crippen molar-refractivity contribution in [2.24, 2.45) is 5.92 Å². The van der Waals surface area contributed by atoms with E-state index in [2.05, 4.69) is 5.32 Å². The highest BCUT2D eigenvalue weighted by atomic mass is 35.5. The minimum atomic E-state index is -4.12. The number of hydrogen-bond donors (Lipinski definition) is 1. The van der Waals surface area contributed by atoms with Gasteiger partial charge in [0.2, 0.25) is 15.9 Å². The first-order valence-corrected chi connectivity index (χ1v) is 10.2. The number of nitrogens with zero attached hydrogens (tertiary/aromatic N) is 2. The summed E-state index contributed by atoms with van der Waals surface area (Å²) >= 11 is 0. The number of sulfonamides is 1. The van der Waals surface area contributed by atoms with Crippen LogP contribution < -0.4 is 5.32 Å². The van der Waals surface area contributed by atoms with E-state index in [1.54, 1.807) is 0 Å². The molecule has 0 aliphatic carbocycles. The molecule has 2 saturated heterocycles. The van der Waals surface area contributed by atoms with Crippen molar-refractivity contribution in [3.05, 3.63) is 29.8 Å². The Morgan fingerprint density at radius 2 is 1.85 bits per heavy atom. The van der Waals surface area contributed by atoms with Crippen LogP contribution in [0.3, 0.4) is 0 Å². The molecule has 1 amide bonds. The van der Waals surface area contributed by atoms with Crippen LogP contribution >= 0.6 is 12.4 Å². The van der Waals surface area contributed by atoms with Gasteiger partial charge in [0.25, 0.3) is 0 Å². The second kappa shape index (κ2) is 8.81. The number of carbonyl (C=O) groups is 1. The first-order chi connectivity index (χ1) is 12.3. The summed E-state index contributed by atoms with van der Waals surface area (Å²) in [4.78, 5) is 13.9. The highest BCUT2D eigenvalue weighted by Crippen LogP contribution is 2.27. The lowest BCUT2D eigenvalue weighted by molar-refractivity contribution is -0.139. The van der Waals surface area contributed by atoms with E-state index in [0.29, 0.717) is 25.5 Å². The van der Waals surface area contributed by atoms with Gasteiger partial charge in [-0.1, -0.05) is 0 Å². The molecule has 2 heterocycles. The molecule has 0 radical (unpaired) electrons. The van der Waals surface area contributed by atoms with Crippen LogP contribution in [0.5, 0.6) is 0 Å². The number of nitrogens with one attached hydrogen (secondary N) is 1. The number of rotatable bonds is 3. The molecule has 0 saturated carbocycles. The molecule has 0 aromatic heterocycles. The smallest absolute Gasteiger partial charge is 0.246 e. The maximum absolute atomic E-state index is 13.9. The zero-order chi connectivity index (χ0) is 18.9. The Labute approximate surface area is 164 Å². The maximum Gasteiger partial charge on any atom is 0.246 e. The maximum atomic E-state index is 13.9. The quantitative estimate of drug-likeness (QED) is 0.801. The SMILES string of the molecule is CC1CNCCN1C(=O)C1CCN(S(=O)(=O)c2cc(F)ccc2F)CC1.Cl. The normalized spacial score (nSPS) is 22.3. The largest absolute Gasteiger partial charge is 0.337 e. The van der Waals surface area contributed by atoms with Crippen LogP contribution in [0.1, 0.15) is 19.8 Å². The van der Waals surface area contributed by atoms with E-state index >= 15 is 0 Å². The summed E-state index contributed by atoms with van der Waals surface area (Å²) in [6.45, 7) is 4.37. The zero-order valence-corrected chi connectivity index (χ0v) is 16.7. The summed E-state index contributed by atoms with van der Waals surface area (Å²) < 4.78 is 53.6. The molecule has 1 aromatic carbocycles. The number of benzene rings is 1. The molecule has 27 heavy (non-hydrogen) atoms. The van der Waals surface area contributed by atoms with E-state index in [9.17, 15) is 22.0 Å². The van der Waals surface area contributed by atoms with Crippen molar-refractivity contribution in [2.45, 2.75) is 30.7 Å². The number of carbonyl (C=O) groups excluding carboxylic acids is 1. The van der Waals surface area contributed by atoms with E-state index < -0.39 is 26.6 Å². The molecule has 0 spiro atoms. The topological polar surface area (TPSA) is 69.7 Å². The van der Waals surface area contributed by atoms with Gasteiger partial charge in [-0.2, -0.15) is 4.31 Å². The summed E-state index contributed by atoms with van der Waals surface area (Å²) in [6.07, 6.45) is 0.761. The first kappa shape index (κ1) is 22.0. The number of hydrogen-bond acceptors (Lipinski definition) is 4. The molecule has 0 bridgehead atoms. The third-order valence-corrected chi connectivity index (χ3v) is 7.01. The van der Waals surface area contributed by atoms with Gasteiger partial charge in [-0.15, -0.1) is 12.4 Å². The highest BCUT2D eigenvalue weighted by Gasteiger charge is 2.36. The third kappa shape index (κ3) is 4.59. The van der Waals surface area contributed by atoms with Crippen LogP contribution in [0.25, 0.3) is 0 Å². The predicted molar refractivity (Wildman–Crippen MR) is 99.1 cm³/mol. The Hall–Kier alpha value is -1.29. The van der Waals surface area contributed by atoms with Crippen molar-refractivity contribution in [1.82, 2.24) is 14.5 Å². The van der Waals surface area contributed by atoms with Gasteiger partial charge in [0.15, 0.2) is 0 Å². The monoisotopic (exact) mass is 423 g/mol. The van der Waals surface area contributed by atoms with Crippen LogP contribution in [0.2, 0.25) is 0 Å². The van der Waals surface area contributed by atoms with Gasteiger partial charge in [-0.05, 0) is 38.0 Å². The summed E-state index contributed by atoms with van der Waals surface area (Å²) in [7, 11) is -4.12. The van der Waals surface area contributed by atoms with Crippen molar-refractivity contribution in [3.8, 4) is 0 Å². The van der Waals surface area contributed by atoms with Gasteiger partial charge in [0.1, 0.15) is 16.5 Å². The lowest BCUT2D eigenvalue weighted by Gasteiger charge is -2.38. The first-order valence-electron chi connectivity index (χ1n) is 8.77. The molecule has 1 atom stereocenters. The summed E-state index contributed by atoms with van der Waals surface area (Å²) in [6, 6.07) is 2.50. The van der Waals surface area contributed by atoms with Crippen LogP contribution in [0.15, 0.2) is 23.1 Å². The van der Waals surface area contributed by atoms with E-state index in [1.807, 2.05) is 11.8 Å². The molecule has 2 aliphatic heterocycles. The molecule has 1 unspecified atom stereocenters. The number of piperidine rings is 1. The Bertz CT molecular complexity index is 786. The zero-order valence-electron chi connectivity index (χ0n) is 15.0. The Morgan fingerprint density at radius 1 is 1.19 bits per heavy atom. The van der Waals surface area contributed by atoms with E-state index in [4.69, 9.17) is 0 Å². The molecule has 2 fully saturated rings. The van der Waals surface area contributed by atoms with Gasteiger partial charge in [-0.3, -0.25) is 4.79 Å². The average molecular weight is 424 g/mol. The fraction of sp³-hybridized carbons (Fsp3) is 0.588. The Morgan fingerprint density at radius 3 is 2.48 bits per heavy atom. The summed E-state index contributed by atoms with van der Waals surface area (Å²) in [5.41, 5.74) is 0. The van der Waals surface area contributed by atoms with Gasteiger partial charge in [0.05, 0.1) is 0 Å². The van der Waals surface area contributed by atoms with Crippen molar-refractivity contribution in [1.29, 1.82) is 0 Å².